The van der Waals surface area contributed by atoms with Gasteiger partial charge < -0.3 is 18.9 Å². The van der Waals surface area contributed by atoms with E-state index in [0.717, 1.165) is 0 Å². The summed E-state index contributed by atoms with van der Waals surface area (Å²) in [5, 5.41) is 0. The molecule has 4 nitrogen and oxygen atoms in total. The lowest BCUT2D eigenvalue weighted by Gasteiger charge is -2.43. The average Bonchev–Trinajstić information content (AvgIpc) is 3.16. The third-order valence-electron chi connectivity index (χ3n) is 8.84. The van der Waals surface area contributed by atoms with Crippen LogP contribution >= 0.6 is 0 Å². The van der Waals surface area contributed by atoms with E-state index in [4.69, 9.17) is 0 Å². The lowest BCUT2D eigenvalue weighted by molar-refractivity contribution is -0.457. The number of ether oxygens (including phenoxy) is 4. The smallest absolute Gasteiger partial charge is 0.359 e. The van der Waals surface area contributed by atoms with Crippen LogP contribution in [0.1, 0.15) is 23.3 Å². The van der Waals surface area contributed by atoms with Crippen LogP contribution in [0.15, 0.2) is 48.5 Å². The van der Waals surface area contributed by atoms with Gasteiger partial charge in [-0.15, -0.1) is 0 Å². The van der Waals surface area contributed by atoms with Gasteiger partial charge in [0.1, 0.15) is 13.6 Å². The summed E-state index contributed by atoms with van der Waals surface area (Å²) in [7, 11) is 0.660. The van der Waals surface area contributed by atoms with Gasteiger partial charge in [-0.05, 0) is 22.3 Å². The topological polar surface area (TPSA) is 36.9 Å². The van der Waals surface area contributed by atoms with Crippen molar-refractivity contribution in [2.75, 3.05) is 27.8 Å². The molecule has 2 aromatic carbocycles. The molecule has 0 aliphatic rings. The van der Waals surface area contributed by atoms with E-state index in [0.29, 0.717) is 26.4 Å². The Hall–Kier alpha value is -3.82. The third kappa shape index (κ3) is 8.42. The van der Waals surface area contributed by atoms with Crippen molar-refractivity contribution < 1.29 is 151 Å². The summed E-state index contributed by atoms with van der Waals surface area (Å²) in [6.07, 6.45) is -25.4. The predicted molar refractivity (Wildman–Crippen MR) is 155 cm³/mol. The summed E-state index contributed by atoms with van der Waals surface area (Å²) in [5.41, 5.74) is -7.87. The van der Waals surface area contributed by atoms with Crippen LogP contribution < -0.4 is 0 Å². The van der Waals surface area contributed by atoms with E-state index >= 15 is 35.1 Å². The molecule has 0 fully saturated rings. The fourth-order valence-corrected chi connectivity index (χ4v) is 5.28. The highest BCUT2D eigenvalue weighted by Crippen LogP contribution is 2.66. The van der Waals surface area contributed by atoms with Crippen molar-refractivity contribution in [1.82, 2.24) is 0 Å². The van der Waals surface area contributed by atoms with Gasteiger partial charge in [0.05, 0.1) is 0 Å². The minimum Gasteiger partial charge on any atom is -0.359 e. The molecular formula is C32H20F30O4. The molecule has 34 heteroatoms. The highest BCUT2D eigenvalue weighted by Gasteiger charge is 2.95. The molecule has 2 aromatic rings. The van der Waals surface area contributed by atoms with Crippen molar-refractivity contribution >= 4 is 0 Å². The van der Waals surface area contributed by atoms with Gasteiger partial charge >= 0.3 is 83.4 Å². The first-order chi connectivity index (χ1) is 29.1. The molecule has 2 rings (SSSR count). The van der Waals surface area contributed by atoms with E-state index in [1.807, 2.05) is 0 Å². The molecule has 0 amide bonds. The highest BCUT2D eigenvalue weighted by molar-refractivity contribution is 5.72. The summed E-state index contributed by atoms with van der Waals surface area (Å²) in [6.45, 7) is -4.08. The van der Waals surface area contributed by atoms with Crippen molar-refractivity contribution in [3.05, 3.63) is 59.7 Å². The SMILES string of the molecule is COCO[C@@H](c1ccccc1-c1ccccc1[C@H](OCOC)C(F)(F)C(F)(F)C(F)(F)C(F)(F)C(F)(F)C(F)(F)C(F)(F)F)C(F)(F)C(F)(F)C(F)(F)C(F)(F)C(F)(F)C(F)(F)C(F)(F)F. The minimum atomic E-state index is -8.89. The van der Waals surface area contributed by atoms with Crippen LogP contribution in [0.4, 0.5) is 132 Å². The minimum absolute atomic E-state index is 0.0442. The van der Waals surface area contributed by atoms with Gasteiger partial charge in [-0.3, -0.25) is 0 Å². The zero-order chi connectivity index (χ0) is 52.4. The first kappa shape index (κ1) is 58.3. The molecule has 0 unspecified atom stereocenters. The van der Waals surface area contributed by atoms with E-state index in [1.165, 1.54) is 0 Å². The molecule has 0 heterocycles. The van der Waals surface area contributed by atoms with Crippen LogP contribution in [0.5, 0.6) is 0 Å². The molecule has 0 radical (unpaired) electrons. The highest BCUT2D eigenvalue weighted by atomic mass is 19.4. The van der Waals surface area contributed by atoms with Gasteiger partial charge in [0.25, 0.3) is 0 Å². The molecule has 66 heavy (non-hydrogen) atoms. The molecule has 0 N–H and O–H groups in total. The lowest BCUT2D eigenvalue weighted by Crippen LogP contribution is -2.73. The zero-order valence-electron chi connectivity index (χ0n) is 31.2. The Kier molecular flexibility index (Phi) is 15.6. The summed E-state index contributed by atoms with van der Waals surface area (Å²) in [4.78, 5) is 0. The van der Waals surface area contributed by atoms with Crippen LogP contribution in [0.25, 0.3) is 11.1 Å². The maximum absolute atomic E-state index is 15.8. The molecule has 0 saturated heterocycles. The molecule has 2 atom stereocenters. The monoisotopic (exact) mass is 1040 g/mol. The molecular weight excluding hydrogens is 1020 g/mol. The Balaban J connectivity index is 3.07. The molecule has 0 aliphatic heterocycles. The van der Waals surface area contributed by atoms with E-state index < -0.39 is 131 Å². The number of benzene rings is 2. The maximum atomic E-state index is 15.8. The molecule has 0 spiro atoms. The normalized spacial score (nSPS) is 16.4. The molecule has 382 valence electrons. The van der Waals surface area contributed by atoms with Crippen LogP contribution in [0.2, 0.25) is 0 Å². The van der Waals surface area contributed by atoms with Gasteiger partial charge in [-0.2, -0.15) is 132 Å². The molecule has 0 bridgehead atoms. The molecule has 0 saturated carbocycles. The van der Waals surface area contributed by atoms with E-state index in [1.54, 1.807) is 0 Å². The van der Waals surface area contributed by atoms with Crippen LogP contribution in [-0.2, 0) is 18.9 Å². The fraction of sp³-hybridized carbons (Fsp3) is 0.625. The molecule has 0 aromatic heterocycles. The number of rotatable bonds is 21. The van der Waals surface area contributed by atoms with Crippen molar-refractivity contribution in [2.24, 2.45) is 0 Å². The largest absolute Gasteiger partial charge is 0.460 e. The van der Waals surface area contributed by atoms with Crippen molar-refractivity contribution in [3.63, 3.8) is 0 Å². The fourth-order valence-electron chi connectivity index (χ4n) is 5.28. The average molecular weight is 1040 g/mol. The van der Waals surface area contributed by atoms with Gasteiger partial charge in [0, 0.05) is 14.2 Å². The zero-order valence-corrected chi connectivity index (χ0v) is 31.2. The standard InChI is InChI=1S/C32H20F30O4/c1-63-11-65-17(19(33,34)21(37,38)23(41,42)25(45,46)27(49,50)29(53,54)31(57,58)59)15-9-5-3-7-13(15)14-8-4-6-10-16(14)18(66-12-64-2)20(35,36)22(39,40)24(43,44)26(47,48)28(51,52)30(55,56)32(60,61)62/h3-10,17-18H,11-12H2,1-2H3/t17-,18-/m0/s1. The van der Waals surface area contributed by atoms with E-state index in [9.17, 15) is 96.6 Å². The Morgan fingerprint density at radius 2 is 0.530 bits per heavy atom. The number of alkyl halides is 30. The van der Waals surface area contributed by atoms with E-state index in [-0.39, 0.29) is 36.4 Å². The molecule has 0 aliphatic carbocycles. The van der Waals surface area contributed by atoms with Crippen molar-refractivity contribution in [3.8, 4) is 11.1 Å². The summed E-state index contributed by atoms with van der Waals surface area (Å²) >= 11 is 0. The number of hydrogen-bond donors (Lipinski definition) is 0. The van der Waals surface area contributed by atoms with Crippen LogP contribution in [0.3, 0.4) is 0 Å². The van der Waals surface area contributed by atoms with Crippen molar-refractivity contribution in [1.29, 1.82) is 0 Å². The Morgan fingerprint density at radius 3 is 0.758 bits per heavy atom. The summed E-state index contributed by atoms with van der Waals surface area (Å²) in [6, 6.07) is 1.03. The third-order valence-corrected chi connectivity index (χ3v) is 8.84. The van der Waals surface area contributed by atoms with Crippen molar-refractivity contribution in [2.45, 2.75) is 95.6 Å². The van der Waals surface area contributed by atoms with Gasteiger partial charge in [-0.25, -0.2) is 0 Å². The second-order valence-corrected chi connectivity index (χ2v) is 13.1. The van der Waals surface area contributed by atoms with Gasteiger partial charge in [0.2, 0.25) is 0 Å². The van der Waals surface area contributed by atoms with Crippen LogP contribution in [0, 0.1) is 0 Å². The second kappa shape index (κ2) is 17.6. The first-order valence-electron chi connectivity index (χ1n) is 16.2. The van der Waals surface area contributed by atoms with E-state index in [2.05, 4.69) is 18.9 Å². The predicted octanol–water partition coefficient (Wildman–Crippen LogP) is 13.4. The van der Waals surface area contributed by atoms with Gasteiger partial charge in [0.15, 0.2) is 12.2 Å². The maximum Gasteiger partial charge on any atom is 0.460 e. The quantitative estimate of drug-likeness (QED) is 0.0922. The van der Waals surface area contributed by atoms with Gasteiger partial charge in [-0.1, -0.05) is 48.5 Å². The lowest BCUT2D eigenvalue weighted by atomic mass is 9.83. The van der Waals surface area contributed by atoms with Crippen LogP contribution in [-0.4, -0.2) is 111 Å². The Morgan fingerprint density at radius 1 is 0.318 bits per heavy atom. The summed E-state index contributed by atoms with van der Waals surface area (Å²) in [5.74, 6) is -102. The number of hydrogen-bond acceptors (Lipinski definition) is 4. The number of halogens is 30. The Bertz CT molecular complexity index is 1830. The first-order valence-corrected chi connectivity index (χ1v) is 16.2. The second-order valence-electron chi connectivity index (χ2n) is 13.1. The Labute approximate surface area is 345 Å². The number of methoxy groups -OCH3 is 2. The summed E-state index contributed by atoms with van der Waals surface area (Å²) < 4.78 is 441.